The Bertz CT molecular complexity index is 830. The van der Waals surface area contributed by atoms with E-state index < -0.39 is 6.04 Å². The minimum absolute atomic E-state index is 0.0361. The lowest BCUT2D eigenvalue weighted by Gasteiger charge is -2.33. The van der Waals surface area contributed by atoms with Gasteiger partial charge in [-0.25, -0.2) is 4.39 Å². The zero-order valence-corrected chi connectivity index (χ0v) is 14.3. The summed E-state index contributed by atoms with van der Waals surface area (Å²) in [5, 5.41) is 3.38. The quantitative estimate of drug-likeness (QED) is 0.900. The monoisotopic (exact) mass is 343 g/mol. The van der Waals surface area contributed by atoms with Gasteiger partial charge in [-0.2, -0.15) is 0 Å². The fourth-order valence-electron chi connectivity index (χ4n) is 3.71. The van der Waals surface area contributed by atoms with E-state index in [1.807, 2.05) is 4.90 Å². The van der Waals surface area contributed by atoms with Gasteiger partial charge in [-0.15, -0.1) is 0 Å². The van der Waals surface area contributed by atoms with Gasteiger partial charge < -0.3 is 15.2 Å². The van der Waals surface area contributed by atoms with Crippen molar-refractivity contribution in [3.8, 4) is 0 Å². The lowest BCUT2D eigenvalue weighted by Crippen LogP contribution is -2.49. The summed E-state index contributed by atoms with van der Waals surface area (Å²) >= 11 is 0. The summed E-state index contributed by atoms with van der Waals surface area (Å²) in [5.74, 6) is -0.736. The van der Waals surface area contributed by atoms with Gasteiger partial charge in [-0.05, 0) is 62.3 Å². The van der Waals surface area contributed by atoms with E-state index in [-0.39, 0.29) is 17.6 Å². The Kier molecular flexibility index (Phi) is 3.78. The molecule has 2 heterocycles. The maximum atomic E-state index is 13.3. The second-order valence-electron chi connectivity index (χ2n) is 7.44. The molecule has 1 spiro atoms. The SMILES string of the molecule is C[C@H](NC(=O)c1cc2cc(F)ccc2[nH]1)C(=O)N1CCC2(CC1)CC2. The van der Waals surface area contributed by atoms with Gasteiger partial charge in [-0.3, -0.25) is 9.59 Å². The van der Waals surface area contributed by atoms with E-state index in [0.29, 0.717) is 22.0 Å². The number of nitrogens with one attached hydrogen (secondary N) is 2. The molecular weight excluding hydrogens is 321 g/mol. The highest BCUT2D eigenvalue weighted by Gasteiger charge is 2.45. The number of hydrogen-bond acceptors (Lipinski definition) is 2. The fraction of sp³-hybridized carbons (Fsp3) is 0.474. The molecule has 0 bridgehead atoms. The predicted molar refractivity (Wildman–Crippen MR) is 92.7 cm³/mol. The molecule has 2 amide bonds. The van der Waals surface area contributed by atoms with Gasteiger partial charge in [0.1, 0.15) is 17.6 Å². The average Bonchev–Trinajstić information content (AvgIpc) is 3.21. The van der Waals surface area contributed by atoms with Crippen molar-refractivity contribution >= 4 is 22.7 Å². The second kappa shape index (κ2) is 5.86. The number of carbonyl (C=O) groups excluding carboxylic acids is 2. The summed E-state index contributed by atoms with van der Waals surface area (Å²) in [5.41, 5.74) is 1.54. The molecule has 0 radical (unpaired) electrons. The van der Waals surface area contributed by atoms with Crippen LogP contribution in [0.5, 0.6) is 0 Å². The Morgan fingerprint density at radius 1 is 1.20 bits per heavy atom. The summed E-state index contributed by atoms with van der Waals surface area (Å²) in [6.07, 6.45) is 4.74. The third-order valence-electron chi connectivity index (χ3n) is 5.64. The van der Waals surface area contributed by atoms with Crippen LogP contribution >= 0.6 is 0 Å². The molecule has 1 atom stereocenters. The molecule has 1 aliphatic carbocycles. The number of piperidine rings is 1. The normalized spacial score (nSPS) is 19.8. The number of amides is 2. The van der Waals surface area contributed by atoms with Gasteiger partial charge in [0.05, 0.1) is 0 Å². The zero-order valence-electron chi connectivity index (χ0n) is 14.3. The first kappa shape index (κ1) is 16.1. The van der Waals surface area contributed by atoms with Crippen molar-refractivity contribution in [3.63, 3.8) is 0 Å². The number of aromatic amines is 1. The van der Waals surface area contributed by atoms with Crippen molar-refractivity contribution in [3.05, 3.63) is 35.8 Å². The molecule has 2 N–H and O–H groups in total. The summed E-state index contributed by atoms with van der Waals surface area (Å²) < 4.78 is 13.3. The lowest BCUT2D eigenvalue weighted by molar-refractivity contribution is -0.134. The Morgan fingerprint density at radius 2 is 1.92 bits per heavy atom. The third-order valence-corrected chi connectivity index (χ3v) is 5.64. The van der Waals surface area contributed by atoms with E-state index in [0.717, 1.165) is 25.9 Å². The summed E-state index contributed by atoms with van der Waals surface area (Å²) in [6.45, 7) is 3.28. The van der Waals surface area contributed by atoms with Crippen LogP contribution in [0.2, 0.25) is 0 Å². The summed E-state index contributed by atoms with van der Waals surface area (Å²) in [6, 6.07) is 5.33. The van der Waals surface area contributed by atoms with E-state index in [1.54, 1.807) is 19.1 Å². The Balaban J connectivity index is 1.39. The highest BCUT2D eigenvalue weighted by Crippen LogP contribution is 2.53. The third kappa shape index (κ3) is 3.13. The first-order valence-electron chi connectivity index (χ1n) is 8.84. The van der Waals surface area contributed by atoms with E-state index in [1.165, 1.54) is 25.0 Å². The van der Waals surface area contributed by atoms with Crippen LogP contribution in [0.3, 0.4) is 0 Å². The number of fused-ring (bicyclic) bond motifs is 1. The van der Waals surface area contributed by atoms with Crippen LogP contribution in [0.1, 0.15) is 43.1 Å². The second-order valence-corrected chi connectivity index (χ2v) is 7.44. The molecule has 1 aromatic carbocycles. The van der Waals surface area contributed by atoms with Crippen LogP contribution in [0.25, 0.3) is 10.9 Å². The maximum Gasteiger partial charge on any atom is 0.268 e. The number of hydrogen-bond donors (Lipinski definition) is 2. The van der Waals surface area contributed by atoms with Crippen LogP contribution in [0, 0.1) is 11.2 Å². The van der Waals surface area contributed by atoms with Gasteiger partial charge in [0, 0.05) is 24.0 Å². The van der Waals surface area contributed by atoms with Gasteiger partial charge in [0.15, 0.2) is 0 Å². The van der Waals surface area contributed by atoms with Crippen molar-refractivity contribution in [2.45, 2.75) is 38.6 Å². The number of likely N-dealkylation sites (tertiary alicyclic amines) is 1. The molecule has 25 heavy (non-hydrogen) atoms. The largest absolute Gasteiger partial charge is 0.351 e. The number of aromatic nitrogens is 1. The first-order chi connectivity index (χ1) is 12.0. The standard InChI is InChI=1S/C19H22FN3O2/c1-12(18(25)23-8-6-19(4-5-19)7-9-23)21-17(24)16-11-13-10-14(20)2-3-15(13)22-16/h2-3,10-12,22H,4-9H2,1H3,(H,21,24)/t12-/m0/s1. The number of nitrogens with zero attached hydrogens (tertiary/aromatic N) is 1. The van der Waals surface area contributed by atoms with Crippen LogP contribution in [0.15, 0.2) is 24.3 Å². The lowest BCUT2D eigenvalue weighted by atomic mass is 9.93. The average molecular weight is 343 g/mol. The highest BCUT2D eigenvalue weighted by atomic mass is 19.1. The van der Waals surface area contributed by atoms with Crippen molar-refractivity contribution in [1.29, 1.82) is 0 Å². The molecule has 0 unspecified atom stereocenters. The Morgan fingerprint density at radius 3 is 2.60 bits per heavy atom. The molecule has 1 saturated carbocycles. The van der Waals surface area contributed by atoms with Crippen molar-refractivity contribution in [2.24, 2.45) is 5.41 Å². The molecule has 132 valence electrons. The van der Waals surface area contributed by atoms with Crippen LogP contribution in [-0.4, -0.2) is 40.8 Å². The van der Waals surface area contributed by atoms with Crippen molar-refractivity contribution in [1.82, 2.24) is 15.2 Å². The molecule has 1 saturated heterocycles. The van der Waals surface area contributed by atoms with Gasteiger partial charge in [-0.1, -0.05) is 0 Å². The number of halogens is 1. The number of rotatable bonds is 3. The smallest absolute Gasteiger partial charge is 0.268 e. The van der Waals surface area contributed by atoms with Crippen LogP contribution < -0.4 is 5.32 Å². The molecule has 5 nitrogen and oxygen atoms in total. The zero-order chi connectivity index (χ0) is 17.6. The van der Waals surface area contributed by atoms with Crippen molar-refractivity contribution in [2.75, 3.05) is 13.1 Å². The molecule has 4 rings (SSSR count). The molecule has 1 aromatic heterocycles. The van der Waals surface area contributed by atoms with Gasteiger partial charge in [0.25, 0.3) is 5.91 Å². The van der Waals surface area contributed by atoms with Crippen molar-refractivity contribution < 1.29 is 14.0 Å². The minimum atomic E-state index is -0.580. The minimum Gasteiger partial charge on any atom is -0.351 e. The molecule has 6 heteroatoms. The van der Waals surface area contributed by atoms with Crippen LogP contribution in [0.4, 0.5) is 4.39 Å². The van der Waals surface area contributed by atoms with E-state index in [2.05, 4.69) is 10.3 Å². The Labute approximate surface area is 145 Å². The molecular formula is C19H22FN3O2. The number of benzene rings is 1. The summed E-state index contributed by atoms with van der Waals surface area (Å²) in [7, 11) is 0. The van der Waals surface area contributed by atoms with Gasteiger partial charge >= 0.3 is 0 Å². The fourth-order valence-corrected chi connectivity index (χ4v) is 3.71. The van der Waals surface area contributed by atoms with E-state index in [4.69, 9.17) is 0 Å². The topological polar surface area (TPSA) is 65.2 Å². The summed E-state index contributed by atoms with van der Waals surface area (Å²) in [4.78, 5) is 29.8. The van der Waals surface area contributed by atoms with Crippen LogP contribution in [-0.2, 0) is 4.79 Å². The number of carbonyl (C=O) groups is 2. The number of H-pyrrole nitrogens is 1. The van der Waals surface area contributed by atoms with Gasteiger partial charge in [0.2, 0.25) is 5.91 Å². The highest BCUT2D eigenvalue weighted by molar-refractivity contribution is 6.00. The molecule has 2 aliphatic rings. The first-order valence-corrected chi connectivity index (χ1v) is 8.84. The predicted octanol–water partition coefficient (Wildman–Crippen LogP) is 2.83. The maximum absolute atomic E-state index is 13.3. The molecule has 2 fully saturated rings. The van der Waals surface area contributed by atoms with E-state index >= 15 is 0 Å². The Hall–Kier alpha value is -2.37. The molecule has 2 aromatic rings. The van der Waals surface area contributed by atoms with E-state index in [9.17, 15) is 14.0 Å². The molecule has 1 aliphatic heterocycles.